The van der Waals surface area contributed by atoms with Gasteiger partial charge in [-0.2, -0.15) is 0 Å². The summed E-state index contributed by atoms with van der Waals surface area (Å²) in [6.07, 6.45) is 1.24. The lowest BCUT2D eigenvalue weighted by Crippen LogP contribution is -2.12. The van der Waals surface area contributed by atoms with Crippen molar-refractivity contribution in [1.82, 2.24) is 4.98 Å². The zero-order valence-electron chi connectivity index (χ0n) is 9.52. The fraction of sp³-hybridized carbons (Fsp3) is 0.0909. The molecule has 0 saturated heterocycles. The third-order valence-corrected chi connectivity index (χ3v) is 4.03. The fourth-order valence-corrected chi connectivity index (χ4v) is 2.81. The van der Waals surface area contributed by atoms with Gasteiger partial charge >= 0.3 is 0 Å². The number of aromatic amines is 1. The third-order valence-electron chi connectivity index (χ3n) is 2.37. The minimum absolute atomic E-state index is 0.0403. The number of sulfonamides is 1. The first kappa shape index (κ1) is 13.9. The van der Waals surface area contributed by atoms with E-state index in [4.69, 9.17) is 16.7 Å². The summed E-state index contributed by atoms with van der Waals surface area (Å²) in [5.74, 6) is -0.558. The summed E-state index contributed by atoms with van der Waals surface area (Å²) in [6, 6.07) is 4.63. The van der Waals surface area contributed by atoms with Gasteiger partial charge in [0.05, 0.1) is 17.3 Å². The molecule has 19 heavy (non-hydrogen) atoms. The van der Waals surface area contributed by atoms with Gasteiger partial charge in [0.15, 0.2) is 0 Å². The lowest BCUT2D eigenvalue weighted by Gasteiger charge is -2.08. The van der Waals surface area contributed by atoms with Crippen molar-refractivity contribution in [2.24, 2.45) is 0 Å². The van der Waals surface area contributed by atoms with Crippen LogP contribution in [0.4, 0.5) is 10.1 Å². The van der Waals surface area contributed by atoms with Crippen molar-refractivity contribution in [3.63, 3.8) is 0 Å². The summed E-state index contributed by atoms with van der Waals surface area (Å²) < 4.78 is 39.1. The fourth-order valence-electron chi connectivity index (χ4n) is 1.44. The average molecular weight is 305 g/mol. The van der Waals surface area contributed by atoms with E-state index >= 15 is 0 Å². The second kappa shape index (κ2) is 5.20. The largest absolute Gasteiger partial charge is 0.390 e. The molecule has 1 aromatic heterocycles. The molecule has 2 aromatic rings. The highest BCUT2D eigenvalue weighted by Crippen LogP contribution is 2.25. The first-order valence-corrected chi connectivity index (χ1v) is 7.04. The number of nitrogens with one attached hydrogen (secondary N) is 2. The maximum Gasteiger partial charge on any atom is 0.263 e. The molecule has 1 aromatic carbocycles. The molecule has 102 valence electrons. The number of anilines is 1. The number of rotatable bonds is 4. The number of aromatic nitrogens is 1. The van der Waals surface area contributed by atoms with Gasteiger partial charge < -0.3 is 10.1 Å². The molecule has 0 unspecified atom stereocenters. The highest BCUT2D eigenvalue weighted by Gasteiger charge is 2.17. The molecule has 8 heteroatoms. The quantitative estimate of drug-likeness (QED) is 0.809. The lowest BCUT2D eigenvalue weighted by atomic mass is 10.3. The Balaban J connectivity index is 2.30. The highest BCUT2D eigenvalue weighted by molar-refractivity contribution is 7.92. The Morgan fingerprint density at radius 2 is 2.11 bits per heavy atom. The third kappa shape index (κ3) is 3.06. The Bertz CT molecular complexity index is 700. The summed E-state index contributed by atoms with van der Waals surface area (Å²) >= 11 is 5.74. The van der Waals surface area contributed by atoms with E-state index in [1.165, 1.54) is 18.3 Å². The van der Waals surface area contributed by atoms with Crippen molar-refractivity contribution < 1.29 is 17.9 Å². The number of aliphatic hydroxyl groups is 1. The first-order valence-electron chi connectivity index (χ1n) is 5.18. The van der Waals surface area contributed by atoms with E-state index in [1.54, 1.807) is 0 Å². The van der Waals surface area contributed by atoms with Crippen LogP contribution in [0.5, 0.6) is 0 Å². The van der Waals surface area contributed by atoms with Crippen LogP contribution in [0.1, 0.15) is 5.69 Å². The summed E-state index contributed by atoms with van der Waals surface area (Å²) in [4.78, 5) is 2.56. The minimum atomic E-state index is -3.84. The van der Waals surface area contributed by atoms with Gasteiger partial charge in [-0.05, 0) is 24.3 Å². The van der Waals surface area contributed by atoms with Crippen molar-refractivity contribution in [2.45, 2.75) is 11.5 Å². The van der Waals surface area contributed by atoms with Crippen LogP contribution in [0.15, 0.2) is 35.4 Å². The molecule has 1 heterocycles. The van der Waals surface area contributed by atoms with E-state index < -0.39 is 15.8 Å². The Morgan fingerprint density at radius 3 is 2.68 bits per heavy atom. The molecule has 0 atom stereocenters. The van der Waals surface area contributed by atoms with Gasteiger partial charge in [-0.1, -0.05) is 11.6 Å². The van der Waals surface area contributed by atoms with Crippen LogP contribution in [0.3, 0.4) is 0 Å². The molecule has 3 N–H and O–H groups in total. The molecule has 5 nitrogen and oxygen atoms in total. The number of hydrogen-bond donors (Lipinski definition) is 3. The van der Waals surface area contributed by atoms with Gasteiger partial charge in [-0.15, -0.1) is 0 Å². The number of hydrogen-bond acceptors (Lipinski definition) is 3. The summed E-state index contributed by atoms with van der Waals surface area (Å²) in [5.41, 5.74) is 0.445. The SMILES string of the molecule is O=S(=O)(Nc1ccc(F)cc1Cl)c1c[nH]c(CO)c1. The standard InChI is InChI=1S/C11H10ClFN2O3S/c12-10-3-7(13)1-2-11(10)15-19(17,18)9-4-8(6-16)14-5-9/h1-5,14-16H,6H2. The van der Waals surface area contributed by atoms with Gasteiger partial charge in [0.1, 0.15) is 10.7 Å². The topological polar surface area (TPSA) is 82.2 Å². The number of benzene rings is 1. The molecule has 0 spiro atoms. The Kier molecular flexibility index (Phi) is 3.79. The van der Waals surface area contributed by atoms with Gasteiger partial charge in [-0.25, -0.2) is 12.8 Å². The zero-order valence-corrected chi connectivity index (χ0v) is 11.1. The molecule has 2 rings (SSSR count). The van der Waals surface area contributed by atoms with Crippen molar-refractivity contribution in [2.75, 3.05) is 4.72 Å². The van der Waals surface area contributed by atoms with Crippen LogP contribution in [-0.4, -0.2) is 18.5 Å². The number of halogens is 2. The van der Waals surface area contributed by atoms with E-state index in [2.05, 4.69) is 9.71 Å². The Hall–Kier alpha value is -1.57. The van der Waals surface area contributed by atoms with Crippen LogP contribution in [0, 0.1) is 5.82 Å². The first-order chi connectivity index (χ1) is 8.92. The van der Waals surface area contributed by atoms with E-state index in [0.29, 0.717) is 5.69 Å². The molecule has 0 amide bonds. The predicted molar refractivity (Wildman–Crippen MR) is 68.9 cm³/mol. The molecule has 0 radical (unpaired) electrons. The van der Waals surface area contributed by atoms with Crippen molar-refractivity contribution in [3.05, 3.63) is 47.0 Å². The van der Waals surface area contributed by atoms with Crippen LogP contribution >= 0.6 is 11.6 Å². The van der Waals surface area contributed by atoms with Crippen LogP contribution in [-0.2, 0) is 16.6 Å². The molecular weight excluding hydrogens is 295 g/mol. The van der Waals surface area contributed by atoms with Gasteiger partial charge in [0.2, 0.25) is 0 Å². The maximum atomic E-state index is 12.9. The van der Waals surface area contributed by atoms with E-state index in [0.717, 1.165) is 12.1 Å². The lowest BCUT2D eigenvalue weighted by molar-refractivity contribution is 0.277. The van der Waals surface area contributed by atoms with Gasteiger partial charge in [-0.3, -0.25) is 4.72 Å². The predicted octanol–water partition coefficient (Wildman–Crippen LogP) is 2.10. The summed E-state index contributed by atoms with van der Waals surface area (Å²) in [5, 5.41) is 8.83. The van der Waals surface area contributed by atoms with E-state index in [9.17, 15) is 12.8 Å². The number of aliphatic hydroxyl groups excluding tert-OH is 1. The van der Waals surface area contributed by atoms with Crippen LogP contribution in [0.2, 0.25) is 5.02 Å². The summed E-state index contributed by atoms with van der Waals surface area (Å²) in [6.45, 7) is -0.299. The van der Waals surface area contributed by atoms with Crippen molar-refractivity contribution >= 4 is 27.3 Å². The highest BCUT2D eigenvalue weighted by atomic mass is 35.5. The molecule has 0 aliphatic rings. The number of H-pyrrole nitrogens is 1. The molecule has 0 aliphatic heterocycles. The molecule has 0 bridgehead atoms. The van der Waals surface area contributed by atoms with Crippen molar-refractivity contribution in [3.8, 4) is 0 Å². The van der Waals surface area contributed by atoms with E-state index in [1.807, 2.05) is 0 Å². The van der Waals surface area contributed by atoms with Crippen LogP contribution in [0.25, 0.3) is 0 Å². The maximum absolute atomic E-state index is 12.9. The van der Waals surface area contributed by atoms with Gasteiger partial charge in [0, 0.05) is 11.9 Å². The van der Waals surface area contributed by atoms with Gasteiger partial charge in [0.25, 0.3) is 10.0 Å². The monoisotopic (exact) mass is 304 g/mol. The average Bonchev–Trinajstić information content (AvgIpc) is 2.82. The van der Waals surface area contributed by atoms with E-state index in [-0.39, 0.29) is 22.2 Å². The van der Waals surface area contributed by atoms with Crippen LogP contribution < -0.4 is 4.72 Å². The molecule has 0 aliphatic carbocycles. The normalized spacial score (nSPS) is 11.5. The second-order valence-corrected chi connectivity index (χ2v) is 5.84. The minimum Gasteiger partial charge on any atom is -0.390 e. The molecule has 0 saturated carbocycles. The molecular formula is C11H10ClFN2O3S. The smallest absolute Gasteiger partial charge is 0.263 e. The second-order valence-electron chi connectivity index (χ2n) is 3.75. The molecule has 0 fully saturated rings. The van der Waals surface area contributed by atoms with Crippen molar-refractivity contribution in [1.29, 1.82) is 0 Å². The Morgan fingerprint density at radius 1 is 1.37 bits per heavy atom. The zero-order chi connectivity index (χ0) is 14.0. The summed E-state index contributed by atoms with van der Waals surface area (Å²) in [7, 11) is -3.84. The Labute approximate surface area is 114 Å².